The molecule has 0 amide bonds. The van der Waals surface area contributed by atoms with E-state index in [1.807, 2.05) is 0 Å². The maximum absolute atomic E-state index is 13.8. The van der Waals surface area contributed by atoms with Crippen molar-refractivity contribution in [3.8, 4) is 0 Å². The molecule has 0 spiro atoms. The first-order valence-electron chi connectivity index (χ1n) is 58.1. The topological polar surface area (TPSA) is 69.2 Å². The van der Waals surface area contributed by atoms with Crippen LogP contribution >= 0.6 is 36.7 Å². The molecule has 0 bridgehead atoms. The Balaban J connectivity index is -0.000000869. The van der Waals surface area contributed by atoms with Crippen molar-refractivity contribution in [1.29, 1.82) is 0 Å². The molecule has 0 rings (SSSR count). The number of rotatable bonds is 96. The summed E-state index contributed by atoms with van der Waals surface area (Å²) < 4.78 is 0. The third kappa shape index (κ3) is 65.8. The van der Waals surface area contributed by atoms with Gasteiger partial charge in [0.25, 0.3) is 0 Å². The summed E-state index contributed by atoms with van der Waals surface area (Å²) in [5.41, 5.74) is -0.860. The van der Waals surface area contributed by atoms with Crippen LogP contribution in [0.3, 0.4) is 0 Å². The summed E-state index contributed by atoms with van der Waals surface area (Å²) in [4.78, 5) is 2.09. The Bertz CT molecular complexity index is 1840. The van der Waals surface area contributed by atoms with E-state index in [1.54, 1.807) is 22.5 Å². The van der Waals surface area contributed by atoms with Crippen LogP contribution in [0.4, 0.5) is 0 Å². The van der Waals surface area contributed by atoms with Gasteiger partial charge in [-0.1, -0.05) is 621 Å². The fraction of sp³-hybridized carbons (Fsp3) is 0.975. The zero-order valence-electron chi connectivity index (χ0n) is 89.5. The molecule has 746 valence electrons. The summed E-state index contributed by atoms with van der Waals surface area (Å²) in [6.45, 7) is 41.9. The van der Waals surface area contributed by atoms with Gasteiger partial charge < -0.3 is 15.3 Å². The Morgan fingerprint density at radius 1 is 0.168 bits per heavy atom. The molecule has 0 aliphatic carbocycles. The molecule has 0 aliphatic rings. The third-order valence-electron chi connectivity index (χ3n) is 31.7. The zero-order valence-corrected chi connectivity index (χ0v) is 94.8. The molecule has 0 radical (unpaired) electrons. The Labute approximate surface area is 821 Å². The molecule has 0 fully saturated rings. The molecule has 0 aromatic heterocycles. The predicted octanol–water partition coefficient (Wildman–Crippen LogP) is 40.9. The van der Waals surface area contributed by atoms with Crippen LogP contribution in [0.15, 0.2) is 0 Å². The molecule has 3 nitrogen and oxygen atoms in total. The van der Waals surface area contributed by atoms with Crippen molar-refractivity contribution in [2.24, 2.45) is 69.5 Å². The van der Waals surface area contributed by atoms with Crippen LogP contribution in [0.25, 0.3) is 0 Å². The first kappa shape index (κ1) is 132. The molecule has 9 unspecified atom stereocenters. The van der Waals surface area contributed by atoms with E-state index in [0.717, 1.165) is 57.8 Å². The Morgan fingerprint density at radius 2 is 0.272 bits per heavy atom. The van der Waals surface area contributed by atoms with Gasteiger partial charge in [0.05, 0.1) is 0 Å². The summed E-state index contributed by atoms with van der Waals surface area (Å²) in [6.07, 6.45) is 110. The average Bonchev–Trinajstić information content (AvgIpc) is 0.789. The number of hydrogen-bond acceptors (Lipinski definition) is 6. The molecule has 0 N–H and O–H groups in total. The van der Waals surface area contributed by atoms with Gasteiger partial charge in [-0.2, -0.15) is 0 Å². The van der Waals surface area contributed by atoms with Crippen LogP contribution in [0.2, 0.25) is 4.94 Å². The summed E-state index contributed by atoms with van der Waals surface area (Å²) in [5, 5.41) is 41.8. The second kappa shape index (κ2) is 99.0. The van der Waals surface area contributed by atoms with E-state index in [4.69, 9.17) is 36.7 Å². The van der Waals surface area contributed by atoms with Crippen molar-refractivity contribution in [2.75, 3.05) is 0 Å². The van der Waals surface area contributed by atoms with Crippen molar-refractivity contribution in [3.63, 3.8) is 0 Å². The average molecular weight is 1920 g/mol. The van der Waals surface area contributed by atoms with Crippen LogP contribution in [-0.2, 0) is 0 Å². The van der Waals surface area contributed by atoms with Crippen LogP contribution in [0.5, 0.6) is 0 Å². The molecular formula is C118H234O3S3Sn. The molecule has 0 aliphatic heterocycles. The predicted molar refractivity (Wildman–Crippen MR) is 578 cm³/mol. The minimum absolute atomic E-state index is 0.125. The fourth-order valence-electron chi connectivity index (χ4n) is 23.2. The maximum atomic E-state index is 13.8. The van der Waals surface area contributed by atoms with E-state index in [2.05, 4.69) is 130 Å². The molecule has 0 aromatic carbocycles. The first-order valence-corrected chi connectivity index (χ1v) is 62.1. The van der Waals surface area contributed by atoms with Gasteiger partial charge in [0.1, 0.15) is 0 Å². The van der Waals surface area contributed by atoms with E-state index in [0.29, 0.717) is 53.3 Å². The van der Waals surface area contributed by atoms with Crippen LogP contribution in [0.1, 0.15) is 664 Å². The van der Waals surface area contributed by atoms with Crippen molar-refractivity contribution >= 4 is 74.3 Å². The van der Waals surface area contributed by atoms with E-state index in [9.17, 15) is 15.3 Å². The van der Waals surface area contributed by atoms with Crippen molar-refractivity contribution in [3.05, 3.63) is 0 Å². The molecule has 0 heterocycles. The van der Waals surface area contributed by atoms with Gasteiger partial charge in [-0.05, 0) is 127 Å². The second-order valence-corrected chi connectivity index (χ2v) is 42.4. The minimum atomic E-state index is -0.287. The SMILES string of the molecule is CCCCCCCCCC(CC)CC(C([O-])=S)(C(CC)CCCCCCCCC)C(CC)CCCCCCCCC.CCCCCCCCCC(CC)CC(C([O-])=S)(C(CC)CCCCCCCCC)C(CC)CCCCCCCCC.CCCCCCCCCC(CC)CC(C([O-])=S)(C(CC)CCCCCCCCC)C(CC)CCCCCCCCC.[CH3][Sn+3]. The van der Waals surface area contributed by atoms with Gasteiger partial charge >= 0.3 is 27.5 Å². The van der Waals surface area contributed by atoms with Crippen LogP contribution in [0, 0.1) is 69.5 Å². The van der Waals surface area contributed by atoms with E-state index in [1.165, 1.54) is 482 Å². The summed E-state index contributed by atoms with van der Waals surface area (Å²) >= 11 is 19.0. The molecule has 7 heteroatoms. The van der Waals surface area contributed by atoms with Gasteiger partial charge in [-0.25, -0.2) is 0 Å². The molecular weight excluding hydrogens is 1680 g/mol. The van der Waals surface area contributed by atoms with Gasteiger partial charge in [0.15, 0.2) is 0 Å². The summed E-state index contributed by atoms with van der Waals surface area (Å²) in [7, 11) is 0. The van der Waals surface area contributed by atoms with Crippen molar-refractivity contribution < 1.29 is 15.3 Å². The van der Waals surface area contributed by atoms with Crippen molar-refractivity contribution in [2.45, 2.75) is 669 Å². The van der Waals surface area contributed by atoms with Gasteiger partial charge in [-0.3, -0.25) is 0 Å². The van der Waals surface area contributed by atoms with Gasteiger partial charge in [0.2, 0.25) is 0 Å². The van der Waals surface area contributed by atoms with Gasteiger partial charge in [0, 0.05) is 0 Å². The summed E-state index contributed by atoms with van der Waals surface area (Å²) in [5.74, 6) is 4.68. The molecule has 0 saturated carbocycles. The monoisotopic (exact) mass is 1920 g/mol. The van der Waals surface area contributed by atoms with Crippen LogP contribution in [-0.4, -0.2) is 37.7 Å². The second-order valence-electron chi connectivity index (χ2n) is 41.2. The first-order chi connectivity index (χ1) is 60.9. The Hall–Kier alpha value is 0.469. The van der Waals surface area contributed by atoms with E-state index >= 15 is 0 Å². The molecule has 9 atom stereocenters. The standard InChI is InChI=1S/3C39H78OS.CH3.Sn/c3*1-7-13-16-19-22-25-28-31-35(10-4)34-39(38(40)41,36(11-5)32-29-26-23-20-17-14-8-2)37(12-6)33-30-27-24-21-18-15-9-3;;/h3*35-37H,7-34H2,1-6H3,(H,40,41);1H3;/q;;;;+3/p-3. The molecule has 125 heavy (non-hydrogen) atoms. The third-order valence-corrected chi connectivity index (χ3v) is 32.8. The number of hydrogen-bond donors (Lipinski definition) is 0. The Kier molecular flexibility index (Phi) is 104. The van der Waals surface area contributed by atoms with Gasteiger partial charge in [-0.15, -0.1) is 36.7 Å². The Morgan fingerprint density at radius 3 is 0.368 bits per heavy atom. The van der Waals surface area contributed by atoms with E-state index in [-0.39, 0.29) is 31.4 Å². The number of thiocarbonyl (C=S) groups is 3. The quantitative estimate of drug-likeness (QED) is 0.0343. The van der Waals surface area contributed by atoms with Crippen LogP contribution < -0.4 is 15.3 Å². The molecule has 0 saturated heterocycles. The fourth-order valence-corrected chi connectivity index (χ4v) is 24.5. The zero-order chi connectivity index (χ0) is 93.8. The van der Waals surface area contributed by atoms with Crippen molar-refractivity contribution in [1.82, 2.24) is 0 Å². The summed E-state index contributed by atoms with van der Waals surface area (Å²) in [6, 6.07) is 0. The molecule has 0 aromatic rings. The van der Waals surface area contributed by atoms with E-state index < -0.39 is 0 Å². The normalized spacial score (nSPS) is 15.3. The number of unbranched alkanes of at least 4 members (excludes halogenated alkanes) is 54.